The van der Waals surface area contributed by atoms with Crippen LogP contribution in [0, 0.1) is 0 Å². The van der Waals surface area contributed by atoms with E-state index in [-0.39, 0.29) is 17.7 Å². The highest BCUT2D eigenvalue weighted by atomic mass is 35.5. The van der Waals surface area contributed by atoms with E-state index < -0.39 is 0 Å². The highest BCUT2D eigenvalue weighted by Crippen LogP contribution is 2.21. The Balaban J connectivity index is 2.25. The van der Waals surface area contributed by atoms with Gasteiger partial charge in [0.2, 0.25) is 11.2 Å². The van der Waals surface area contributed by atoms with Crippen molar-refractivity contribution in [3.63, 3.8) is 0 Å². The number of carbonyl (C=O) groups is 1. The number of nitrogens with zero attached hydrogens (tertiary/aromatic N) is 5. The second-order valence-corrected chi connectivity index (χ2v) is 4.68. The fraction of sp³-hybridized carbons (Fsp3) is 0.500. The summed E-state index contributed by atoms with van der Waals surface area (Å²) in [5, 5.41) is 0.113. The predicted octanol–water partition coefficient (Wildman–Crippen LogP) is 1.31. The number of nitrogens with one attached hydrogen (secondary N) is 1. The van der Waals surface area contributed by atoms with Crippen LogP contribution in [0.25, 0.3) is 11.2 Å². The van der Waals surface area contributed by atoms with Gasteiger partial charge in [0.15, 0.2) is 11.5 Å². The van der Waals surface area contributed by atoms with E-state index >= 15 is 0 Å². The maximum Gasteiger partial charge on any atom is 0.242 e. The van der Waals surface area contributed by atoms with Gasteiger partial charge in [0.25, 0.3) is 0 Å². The third-order valence-electron chi connectivity index (χ3n) is 3.09. The first kappa shape index (κ1) is 14.5. The van der Waals surface area contributed by atoms with Crippen molar-refractivity contribution in [3.05, 3.63) is 11.6 Å². The second kappa shape index (κ2) is 6.04. The summed E-state index contributed by atoms with van der Waals surface area (Å²) in [4.78, 5) is 30.9. The van der Waals surface area contributed by atoms with E-state index in [0.29, 0.717) is 30.1 Å². The van der Waals surface area contributed by atoms with E-state index in [1.807, 2.05) is 13.8 Å². The van der Waals surface area contributed by atoms with Crippen LogP contribution in [-0.2, 0) is 4.79 Å². The highest BCUT2D eigenvalue weighted by molar-refractivity contribution is 6.28. The number of aromatic amines is 1. The van der Waals surface area contributed by atoms with Crippen LogP contribution in [0.4, 0.5) is 5.82 Å². The third kappa shape index (κ3) is 2.82. The molecule has 1 amide bonds. The summed E-state index contributed by atoms with van der Waals surface area (Å²) in [6, 6.07) is 0. The standard InChI is InChI=1S/C12H17ClN6O/c1-4-19(5-2)8(20)6-18(3)11-9-10(15-7-14-9)16-12(13)17-11/h7H,4-6H2,1-3H3,(H,14,15,16,17). The van der Waals surface area contributed by atoms with Crippen LogP contribution in [-0.4, -0.2) is 57.4 Å². The van der Waals surface area contributed by atoms with Crippen LogP contribution < -0.4 is 4.90 Å². The fourth-order valence-corrected chi connectivity index (χ4v) is 2.18. The first-order chi connectivity index (χ1) is 9.56. The van der Waals surface area contributed by atoms with Gasteiger partial charge in [0.05, 0.1) is 12.9 Å². The summed E-state index contributed by atoms with van der Waals surface area (Å²) in [5.74, 6) is 0.609. The zero-order valence-electron chi connectivity index (χ0n) is 11.7. The topological polar surface area (TPSA) is 78.0 Å². The molecule has 0 spiro atoms. The minimum Gasteiger partial charge on any atom is -0.348 e. The molecule has 0 aliphatic carbocycles. The molecule has 0 atom stereocenters. The van der Waals surface area contributed by atoms with Crippen molar-refractivity contribution in [2.75, 3.05) is 31.6 Å². The number of aromatic nitrogens is 4. The first-order valence-corrected chi connectivity index (χ1v) is 6.80. The molecule has 7 nitrogen and oxygen atoms in total. The van der Waals surface area contributed by atoms with Crippen LogP contribution >= 0.6 is 11.6 Å². The molecule has 0 radical (unpaired) electrons. The summed E-state index contributed by atoms with van der Waals surface area (Å²) >= 11 is 5.88. The van der Waals surface area contributed by atoms with Gasteiger partial charge >= 0.3 is 0 Å². The van der Waals surface area contributed by atoms with Crippen molar-refractivity contribution in [1.29, 1.82) is 0 Å². The van der Waals surface area contributed by atoms with Gasteiger partial charge in [-0.1, -0.05) is 0 Å². The van der Waals surface area contributed by atoms with Crippen molar-refractivity contribution in [3.8, 4) is 0 Å². The Hall–Kier alpha value is -1.89. The summed E-state index contributed by atoms with van der Waals surface area (Å²) in [6.07, 6.45) is 1.53. The molecule has 2 heterocycles. The Morgan fingerprint density at radius 1 is 1.35 bits per heavy atom. The molecule has 0 bridgehead atoms. The number of fused-ring (bicyclic) bond motifs is 1. The molecule has 0 aromatic carbocycles. The Kier molecular flexibility index (Phi) is 4.39. The zero-order chi connectivity index (χ0) is 14.7. The van der Waals surface area contributed by atoms with E-state index in [1.54, 1.807) is 16.8 Å². The van der Waals surface area contributed by atoms with E-state index in [0.717, 1.165) is 0 Å². The average Bonchev–Trinajstić information content (AvgIpc) is 2.86. The number of rotatable bonds is 5. The Labute approximate surface area is 122 Å². The molecule has 0 fully saturated rings. The molecule has 2 aromatic rings. The number of imidazole rings is 1. The van der Waals surface area contributed by atoms with Gasteiger partial charge < -0.3 is 14.8 Å². The number of likely N-dealkylation sites (N-methyl/N-ethyl adjacent to an activating group) is 2. The smallest absolute Gasteiger partial charge is 0.242 e. The lowest BCUT2D eigenvalue weighted by molar-refractivity contribution is -0.129. The number of hydrogen-bond acceptors (Lipinski definition) is 5. The molecule has 0 unspecified atom stereocenters. The van der Waals surface area contributed by atoms with Crippen LogP contribution in [0.3, 0.4) is 0 Å². The average molecular weight is 297 g/mol. The van der Waals surface area contributed by atoms with Gasteiger partial charge in [0, 0.05) is 20.1 Å². The lowest BCUT2D eigenvalue weighted by Gasteiger charge is -2.23. The number of carbonyl (C=O) groups excluding carboxylic acids is 1. The van der Waals surface area contributed by atoms with Crippen molar-refractivity contribution in [1.82, 2.24) is 24.8 Å². The van der Waals surface area contributed by atoms with Gasteiger partial charge in [-0.05, 0) is 25.4 Å². The lowest BCUT2D eigenvalue weighted by Crippen LogP contribution is -2.39. The van der Waals surface area contributed by atoms with Gasteiger partial charge in [-0.15, -0.1) is 0 Å². The van der Waals surface area contributed by atoms with Crippen LogP contribution in [0.5, 0.6) is 0 Å². The maximum absolute atomic E-state index is 12.1. The minimum atomic E-state index is 0.0416. The monoisotopic (exact) mass is 296 g/mol. The summed E-state index contributed by atoms with van der Waals surface area (Å²) < 4.78 is 0. The number of amides is 1. The molecule has 0 saturated heterocycles. The van der Waals surface area contributed by atoms with E-state index in [1.165, 1.54) is 6.33 Å². The molecule has 20 heavy (non-hydrogen) atoms. The molecule has 2 aromatic heterocycles. The van der Waals surface area contributed by atoms with Gasteiger partial charge in [-0.2, -0.15) is 9.97 Å². The van der Waals surface area contributed by atoms with E-state index in [2.05, 4.69) is 19.9 Å². The number of anilines is 1. The maximum atomic E-state index is 12.1. The SMILES string of the molecule is CCN(CC)C(=O)CN(C)c1nc(Cl)nc2nc[nH]c12. The van der Waals surface area contributed by atoms with Crippen LogP contribution in [0.2, 0.25) is 5.28 Å². The van der Waals surface area contributed by atoms with Crippen molar-refractivity contribution >= 4 is 34.5 Å². The lowest BCUT2D eigenvalue weighted by atomic mass is 10.4. The predicted molar refractivity (Wildman–Crippen MR) is 77.9 cm³/mol. The zero-order valence-corrected chi connectivity index (χ0v) is 12.5. The van der Waals surface area contributed by atoms with Gasteiger partial charge in [-0.3, -0.25) is 4.79 Å². The molecule has 2 rings (SSSR count). The summed E-state index contributed by atoms with van der Waals surface area (Å²) in [7, 11) is 1.79. The first-order valence-electron chi connectivity index (χ1n) is 6.42. The quantitative estimate of drug-likeness (QED) is 0.842. The van der Waals surface area contributed by atoms with E-state index in [4.69, 9.17) is 11.6 Å². The molecule has 108 valence electrons. The molecule has 0 aliphatic rings. The van der Waals surface area contributed by atoms with Crippen LogP contribution in [0.1, 0.15) is 13.8 Å². The number of hydrogen-bond donors (Lipinski definition) is 1. The van der Waals surface area contributed by atoms with Crippen LogP contribution in [0.15, 0.2) is 6.33 Å². The fourth-order valence-electron chi connectivity index (χ4n) is 2.02. The second-order valence-electron chi connectivity index (χ2n) is 4.34. The van der Waals surface area contributed by atoms with Crippen molar-refractivity contribution in [2.45, 2.75) is 13.8 Å². The van der Waals surface area contributed by atoms with Crippen molar-refractivity contribution < 1.29 is 4.79 Å². The normalized spacial score (nSPS) is 10.8. The Bertz CT molecular complexity index is 609. The molecule has 8 heteroatoms. The summed E-state index contributed by atoms with van der Waals surface area (Å²) in [6.45, 7) is 5.51. The van der Waals surface area contributed by atoms with Gasteiger partial charge in [-0.25, -0.2) is 4.98 Å². The Morgan fingerprint density at radius 2 is 2.05 bits per heavy atom. The highest BCUT2D eigenvalue weighted by Gasteiger charge is 2.17. The number of halogens is 1. The van der Waals surface area contributed by atoms with E-state index in [9.17, 15) is 4.79 Å². The minimum absolute atomic E-state index is 0.0416. The molecule has 1 N–H and O–H groups in total. The molecule has 0 saturated carbocycles. The van der Waals surface area contributed by atoms with Crippen molar-refractivity contribution in [2.24, 2.45) is 0 Å². The Morgan fingerprint density at radius 3 is 2.70 bits per heavy atom. The number of H-pyrrole nitrogens is 1. The summed E-state index contributed by atoms with van der Waals surface area (Å²) in [5.41, 5.74) is 1.16. The molecule has 0 aliphatic heterocycles. The molecular formula is C12H17ClN6O. The third-order valence-corrected chi connectivity index (χ3v) is 3.26. The van der Waals surface area contributed by atoms with Gasteiger partial charge in [0.1, 0.15) is 5.52 Å². The largest absolute Gasteiger partial charge is 0.348 e. The molecular weight excluding hydrogens is 280 g/mol.